The second kappa shape index (κ2) is 19.7. The monoisotopic (exact) mass is 907 g/mol. The van der Waals surface area contributed by atoms with Crippen molar-refractivity contribution >= 4 is 46.4 Å². The second-order valence-corrected chi connectivity index (χ2v) is 13.4. The van der Waals surface area contributed by atoms with Crippen LogP contribution in [-0.4, -0.2) is 9.97 Å². The normalized spacial score (nSPS) is 10.8. The van der Waals surface area contributed by atoms with Crippen LogP contribution in [0.1, 0.15) is 22.8 Å². The predicted octanol–water partition coefficient (Wildman–Crippen LogP) is -9.10. The maximum absolute atomic E-state index is 5.35. The smallest absolute Gasteiger partial charge is 0.169 e. The van der Waals surface area contributed by atoms with Crippen LogP contribution in [0.4, 0.5) is 0 Å². The minimum atomic E-state index is 0. The van der Waals surface area contributed by atoms with E-state index in [1.165, 1.54) is 0 Å². The van der Waals surface area contributed by atoms with Gasteiger partial charge < -0.3 is 72.0 Å². The van der Waals surface area contributed by atoms with Gasteiger partial charge in [0.2, 0.25) is 0 Å². The molecule has 0 fully saturated rings. The van der Waals surface area contributed by atoms with Crippen LogP contribution in [0.2, 0.25) is 0 Å². The Kier molecular flexibility index (Phi) is 16.2. The first-order valence-electron chi connectivity index (χ1n) is 17.3. The topological polar surface area (TPSA) is 69.5 Å². The molecule has 9 rings (SSSR count). The van der Waals surface area contributed by atoms with Crippen molar-refractivity contribution in [2.24, 2.45) is 28.2 Å². The molecule has 9 heterocycles. The summed E-state index contributed by atoms with van der Waals surface area (Å²) >= 11 is 0. The van der Waals surface area contributed by atoms with Crippen molar-refractivity contribution in [2.45, 2.75) is 0 Å². The van der Waals surface area contributed by atoms with Gasteiger partial charge in [-0.1, -0.05) is 24.3 Å². The zero-order valence-corrected chi connectivity index (χ0v) is 36.6. The number of hydrogen-bond acceptors (Lipinski definition) is 2. The van der Waals surface area contributed by atoms with E-state index < -0.39 is 0 Å². The number of nitrogens with zero attached hydrogens (tertiary/aromatic N) is 8. The zero-order valence-electron chi connectivity index (χ0n) is 31.7. The van der Waals surface area contributed by atoms with Gasteiger partial charge in [-0.25, -0.2) is 28.2 Å². The van der Waals surface area contributed by atoms with Crippen molar-refractivity contribution in [3.63, 3.8) is 0 Å². The number of hydrogen-bond donors (Lipinski definition) is 0. The zero-order chi connectivity index (χ0) is 35.3. The van der Waals surface area contributed by atoms with E-state index in [0.29, 0.717) is 0 Å². The molecule has 2 aliphatic rings. The minimum Gasteiger partial charge on any atom is -1.00 e. The summed E-state index contributed by atoms with van der Waals surface area (Å²) in [6.07, 6.45) is 24.9. The van der Waals surface area contributed by atoms with Crippen LogP contribution in [0.5, 0.6) is 0 Å². The van der Waals surface area contributed by atoms with E-state index in [-0.39, 0.29) is 79.1 Å². The molecule has 58 heavy (non-hydrogen) atoms. The number of halogens is 5. The van der Waals surface area contributed by atoms with Crippen LogP contribution >= 0.6 is 0 Å². The van der Waals surface area contributed by atoms with Crippen molar-refractivity contribution in [3.8, 4) is 44.5 Å². The van der Waals surface area contributed by atoms with Crippen LogP contribution in [0.15, 0.2) is 122 Å². The molecular formula is C44H36Cl5FeN8-3. The van der Waals surface area contributed by atoms with E-state index in [4.69, 9.17) is 19.9 Å². The molecule has 0 unspecified atom stereocenters. The van der Waals surface area contributed by atoms with Crippen molar-refractivity contribution in [1.82, 2.24) is 19.9 Å². The minimum absolute atomic E-state index is 0. The average Bonchev–Trinajstić information content (AvgIpc) is 3.99. The van der Waals surface area contributed by atoms with Crippen LogP contribution in [0.3, 0.4) is 0 Å². The van der Waals surface area contributed by atoms with Crippen molar-refractivity contribution < 1.29 is 97.4 Å². The van der Waals surface area contributed by atoms with E-state index in [1.54, 1.807) is 0 Å². The maximum Gasteiger partial charge on any atom is 0.169 e. The summed E-state index contributed by atoms with van der Waals surface area (Å²) in [5.41, 5.74) is 14.7. The fourth-order valence-electron chi connectivity index (χ4n) is 6.94. The van der Waals surface area contributed by atoms with Gasteiger partial charge in [0.05, 0.1) is 22.8 Å². The summed E-state index contributed by atoms with van der Waals surface area (Å²) in [6, 6.07) is 25.4. The second-order valence-electron chi connectivity index (χ2n) is 13.4. The van der Waals surface area contributed by atoms with Crippen LogP contribution in [-0.2, 0) is 45.3 Å². The van der Waals surface area contributed by atoms with Gasteiger partial charge in [-0.3, -0.25) is 0 Å². The molecule has 2 aliphatic heterocycles. The molecule has 0 radical (unpaired) electrons. The van der Waals surface area contributed by atoms with Gasteiger partial charge in [0.25, 0.3) is 0 Å². The van der Waals surface area contributed by atoms with E-state index in [0.717, 1.165) is 89.4 Å². The van der Waals surface area contributed by atoms with E-state index in [2.05, 4.69) is 147 Å². The Bertz CT molecular complexity index is 2390. The first-order valence-corrected chi connectivity index (χ1v) is 17.3. The third-order valence-electron chi connectivity index (χ3n) is 9.68. The first-order chi connectivity index (χ1) is 25.4. The summed E-state index contributed by atoms with van der Waals surface area (Å²) in [7, 11) is 8.10. The summed E-state index contributed by atoms with van der Waals surface area (Å²) in [5.74, 6) is 0. The molecule has 14 heteroatoms. The molecule has 0 spiro atoms. The Morgan fingerprint density at radius 2 is 0.517 bits per heavy atom. The Hall–Kier alpha value is -4.83. The van der Waals surface area contributed by atoms with Crippen molar-refractivity contribution in [2.75, 3.05) is 0 Å². The van der Waals surface area contributed by atoms with Crippen molar-refractivity contribution in [1.29, 1.82) is 0 Å². The van der Waals surface area contributed by atoms with E-state index >= 15 is 0 Å². The molecule has 8 nitrogen and oxygen atoms in total. The maximum atomic E-state index is 5.35. The summed E-state index contributed by atoms with van der Waals surface area (Å²) in [4.78, 5) is 21.4. The molecule has 0 aromatic carbocycles. The van der Waals surface area contributed by atoms with Crippen LogP contribution < -0.4 is 90.3 Å². The number of pyridine rings is 4. The van der Waals surface area contributed by atoms with E-state index in [9.17, 15) is 0 Å². The molecule has 0 N–H and O–H groups in total. The Balaban J connectivity index is 0.00000150. The molecule has 0 saturated heterocycles. The average molecular weight is 910 g/mol. The molecule has 0 amide bonds. The predicted molar refractivity (Wildman–Crippen MR) is 203 cm³/mol. The van der Waals surface area contributed by atoms with Crippen LogP contribution in [0, 0.1) is 0 Å². The molecule has 8 bridgehead atoms. The van der Waals surface area contributed by atoms with Gasteiger partial charge in [-0.05, 0) is 68.8 Å². The Labute approximate surface area is 379 Å². The summed E-state index contributed by atoms with van der Waals surface area (Å²) in [6.45, 7) is 0. The Morgan fingerprint density at radius 1 is 0.328 bits per heavy atom. The molecule has 0 saturated carbocycles. The molecule has 7 aromatic heterocycles. The largest absolute Gasteiger partial charge is 1.00 e. The third kappa shape index (κ3) is 9.07. The van der Waals surface area contributed by atoms with E-state index in [1.807, 2.05) is 46.5 Å². The van der Waals surface area contributed by atoms with Gasteiger partial charge in [0.15, 0.2) is 49.6 Å². The van der Waals surface area contributed by atoms with Gasteiger partial charge in [-0.2, -0.15) is 0 Å². The number of aryl methyl sites for hydroxylation is 4. The Morgan fingerprint density at radius 3 is 0.707 bits per heavy atom. The SMILES string of the molecule is C[n+]1ccc(-c2c3nc(c(-c4cc[n+](C)cc4)c4ccc([n-]4)c(-c4cc[n+](C)cc4)c4nc(c(-c5cc[n+](C)cc5)c5ccc2[n-]5)C=C4)C=C3)cc1.[Cl-].[Cl-].[Cl-].[Cl-].[Cl-].[Fe]. The summed E-state index contributed by atoms with van der Waals surface area (Å²) < 4.78 is 8.14. The van der Waals surface area contributed by atoms with Gasteiger partial charge in [-0.15, -0.1) is 22.1 Å². The molecule has 0 aliphatic carbocycles. The molecular weight excluding hydrogens is 874 g/mol. The molecule has 7 aromatic rings. The standard InChI is InChI=1S/C44H36N8.5ClH.Fe/c1-49-21-13-29(14-22-49)41-33-5-7-35(45-33)42(30-15-23-50(2)24-16-30)37-9-11-39(47-37)44(32-19-27-52(4)28-20-32)40-12-10-38(48-40)43(36-8-6-34(41)46-36)31-17-25-51(3)26-18-31;;;;;;/h5-28H,1-4H3;5*1H;/q+2;;;;;;/p-5. The first kappa shape index (κ1) is 47.5. The molecule has 0 atom stereocenters. The third-order valence-corrected chi connectivity index (χ3v) is 9.68. The van der Waals surface area contributed by atoms with Gasteiger partial charge in [0, 0.05) is 65.6 Å². The van der Waals surface area contributed by atoms with Crippen LogP contribution in [0.25, 0.3) is 90.9 Å². The fourth-order valence-corrected chi connectivity index (χ4v) is 6.94. The fraction of sp³-hybridized carbons (Fsp3) is 0.0909. The van der Waals surface area contributed by atoms with Gasteiger partial charge >= 0.3 is 0 Å². The van der Waals surface area contributed by atoms with Crippen molar-refractivity contribution in [3.05, 3.63) is 145 Å². The van der Waals surface area contributed by atoms with Gasteiger partial charge in [0.1, 0.15) is 28.2 Å². The molecule has 298 valence electrons. The summed E-state index contributed by atoms with van der Waals surface area (Å²) in [5, 5.41) is 0. The number of rotatable bonds is 4. The quantitative estimate of drug-likeness (QED) is 0.130. The number of fused-ring (bicyclic) bond motifs is 8. The number of aromatic nitrogens is 8.